The third-order valence-corrected chi connectivity index (χ3v) is 6.46. The first-order valence-corrected chi connectivity index (χ1v) is 10.5. The summed E-state index contributed by atoms with van der Waals surface area (Å²) < 4.78 is 29.4. The monoisotopic (exact) mass is 383 g/mol. The molecule has 0 aliphatic carbocycles. The molecule has 0 unspecified atom stereocenters. The first-order valence-electron chi connectivity index (χ1n) is 8.89. The van der Waals surface area contributed by atoms with Crippen LogP contribution in [0, 0.1) is 6.92 Å². The molecule has 1 rings (SSSR count). The van der Waals surface area contributed by atoms with Crippen LogP contribution in [0.2, 0.25) is 0 Å². The highest BCUT2D eigenvalue weighted by Crippen LogP contribution is 2.21. The Labute approximate surface area is 158 Å². The van der Waals surface area contributed by atoms with Crippen LogP contribution >= 0.6 is 0 Å². The SMILES string of the molecule is CN=C(NCCS(=O)(=O)C(C)(C)C)NCc1ccc(C)cc1OC(C)C. The maximum Gasteiger partial charge on any atom is 0.191 e. The first kappa shape index (κ1) is 22.3. The van der Waals surface area contributed by atoms with E-state index in [4.69, 9.17) is 4.74 Å². The van der Waals surface area contributed by atoms with Crippen molar-refractivity contribution in [2.45, 2.75) is 58.9 Å². The summed E-state index contributed by atoms with van der Waals surface area (Å²) in [5.41, 5.74) is 2.16. The second kappa shape index (κ2) is 9.26. The van der Waals surface area contributed by atoms with Gasteiger partial charge in [-0.15, -0.1) is 0 Å². The number of nitrogens with one attached hydrogen (secondary N) is 2. The zero-order chi connectivity index (χ0) is 20.0. The molecule has 148 valence electrons. The van der Waals surface area contributed by atoms with E-state index in [9.17, 15) is 8.42 Å². The second-order valence-electron chi connectivity index (χ2n) is 7.56. The van der Waals surface area contributed by atoms with Crippen molar-refractivity contribution >= 4 is 15.8 Å². The molecule has 6 nitrogen and oxygen atoms in total. The van der Waals surface area contributed by atoms with Gasteiger partial charge in [0.25, 0.3) is 0 Å². The van der Waals surface area contributed by atoms with Gasteiger partial charge >= 0.3 is 0 Å². The van der Waals surface area contributed by atoms with Gasteiger partial charge in [-0.2, -0.15) is 0 Å². The molecule has 7 heteroatoms. The number of hydrogen-bond donors (Lipinski definition) is 2. The molecule has 0 aliphatic rings. The number of ether oxygens (including phenoxy) is 1. The van der Waals surface area contributed by atoms with E-state index < -0.39 is 14.6 Å². The van der Waals surface area contributed by atoms with Crippen molar-refractivity contribution in [1.82, 2.24) is 10.6 Å². The van der Waals surface area contributed by atoms with Gasteiger partial charge in [-0.3, -0.25) is 4.99 Å². The maximum absolute atomic E-state index is 12.2. The summed E-state index contributed by atoms with van der Waals surface area (Å²) in [7, 11) is -1.50. The number of guanidine groups is 1. The second-order valence-corrected chi connectivity index (χ2v) is 10.4. The number of hydrogen-bond acceptors (Lipinski definition) is 4. The van der Waals surface area contributed by atoms with Crippen molar-refractivity contribution in [3.63, 3.8) is 0 Å². The van der Waals surface area contributed by atoms with Crippen molar-refractivity contribution in [3.05, 3.63) is 29.3 Å². The molecule has 0 atom stereocenters. The van der Waals surface area contributed by atoms with Gasteiger partial charge in [-0.05, 0) is 53.2 Å². The van der Waals surface area contributed by atoms with Crippen LogP contribution in [0.15, 0.2) is 23.2 Å². The number of sulfone groups is 1. The summed E-state index contributed by atoms with van der Waals surface area (Å²) in [4.78, 5) is 4.15. The average Bonchev–Trinajstić information content (AvgIpc) is 2.50. The number of aryl methyl sites for hydroxylation is 1. The van der Waals surface area contributed by atoms with Gasteiger partial charge in [0.05, 0.1) is 16.6 Å². The van der Waals surface area contributed by atoms with Gasteiger partial charge < -0.3 is 15.4 Å². The summed E-state index contributed by atoms with van der Waals surface area (Å²) in [6.07, 6.45) is 0.0931. The Morgan fingerprint density at radius 2 is 1.88 bits per heavy atom. The summed E-state index contributed by atoms with van der Waals surface area (Å²) >= 11 is 0. The molecule has 1 aromatic carbocycles. The molecule has 1 aromatic rings. The largest absolute Gasteiger partial charge is 0.491 e. The predicted octanol–water partition coefficient (Wildman–Crippen LogP) is 2.66. The highest BCUT2D eigenvalue weighted by Gasteiger charge is 2.28. The summed E-state index contributed by atoms with van der Waals surface area (Å²) in [5.74, 6) is 1.46. The summed E-state index contributed by atoms with van der Waals surface area (Å²) in [6.45, 7) is 12.0. The Balaban J connectivity index is 2.66. The van der Waals surface area contributed by atoms with Crippen molar-refractivity contribution in [1.29, 1.82) is 0 Å². The molecule has 0 fully saturated rings. The highest BCUT2D eigenvalue weighted by molar-refractivity contribution is 7.92. The van der Waals surface area contributed by atoms with Gasteiger partial charge in [0.2, 0.25) is 0 Å². The Morgan fingerprint density at radius 3 is 2.42 bits per heavy atom. The van der Waals surface area contributed by atoms with Crippen LogP contribution in [0.3, 0.4) is 0 Å². The number of nitrogens with zero attached hydrogens (tertiary/aromatic N) is 1. The van der Waals surface area contributed by atoms with Gasteiger partial charge in [0, 0.05) is 25.7 Å². The molecule has 0 aromatic heterocycles. The minimum Gasteiger partial charge on any atom is -0.491 e. The van der Waals surface area contributed by atoms with E-state index in [1.54, 1.807) is 27.8 Å². The van der Waals surface area contributed by atoms with E-state index in [-0.39, 0.29) is 11.9 Å². The lowest BCUT2D eigenvalue weighted by molar-refractivity contribution is 0.239. The fourth-order valence-corrected chi connectivity index (χ4v) is 3.16. The zero-order valence-electron chi connectivity index (χ0n) is 17.0. The predicted molar refractivity (Wildman–Crippen MR) is 109 cm³/mol. The molecule has 0 saturated carbocycles. The molecule has 0 aliphatic heterocycles. The van der Waals surface area contributed by atoms with Gasteiger partial charge in [-0.25, -0.2) is 8.42 Å². The molecule has 0 spiro atoms. The normalized spacial score (nSPS) is 13.0. The van der Waals surface area contributed by atoms with Crippen molar-refractivity contribution in [2.75, 3.05) is 19.3 Å². The van der Waals surface area contributed by atoms with Crippen LogP contribution in [-0.2, 0) is 16.4 Å². The third-order valence-electron chi connectivity index (χ3n) is 3.85. The number of rotatable bonds is 7. The molecule has 0 saturated heterocycles. The Morgan fingerprint density at radius 1 is 1.23 bits per heavy atom. The third kappa shape index (κ3) is 6.86. The van der Waals surface area contributed by atoms with Gasteiger partial charge in [-0.1, -0.05) is 12.1 Å². The van der Waals surface area contributed by atoms with Crippen LogP contribution in [0.5, 0.6) is 5.75 Å². The van der Waals surface area contributed by atoms with Crippen molar-refractivity contribution in [2.24, 2.45) is 4.99 Å². The molecule has 0 heterocycles. The van der Waals surface area contributed by atoms with Crippen molar-refractivity contribution in [3.8, 4) is 5.75 Å². The van der Waals surface area contributed by atoms with E-state index in [1.165, 1.54) is 0 Å². The topological polar surface area (TPSA) is 79.8 Å². The standard InChI is InChI=1S/C19H33N3O3S/c1-14(2)25-17-12-15(3)8-9-16(17)13-22-18(20-7)21-10-11-26(23,24)19(4,5)6/h8-9,12,14H,10-11,13H2,1-7H3,(H2,20,21,22). The van der Waals surface area contributed by atoms with Gasteiger partial charge in [0.1, 0.15) is 5.75 Å². The fourth-order valence-electron chi connectivity index (χ4n) is 2.18. The molecule has 0 bridgehead atoms. The lowest BCUT2D eigenvalue weighted by atomic mass is 10.1. The molecule has 0 amide bonds. The van der Waals surface area contributed by atoms with Gasteiger partial charge in [0.15, 0.2) is 15.8 Å². The van der Waals surface area contributed by atoms with E-state index in [1.807, 2.05) is 39.0 Å². The average molecular weight is 384 g/mol. The van der Waals surface area contributed by atoms with Crippen molar-refractivity contribution < 1.29 is 13.2 Å². The highest BCUT2D eigenvalue weighted by atomic mass is 32.2. The summed E-state index contributed by atoms with van der Waals surface area (Å²) in [6, 6.07) is 6.08. The van der Waals surface area contributed by atoms with Crippen LogP contribution in [-0.4, -0.2) is 44.6 Å². The van der Waals surface area contributed by atoms with Crippen LogP contribution in [0.25, 0.3) is 0 Å². The molecule has 2 N–H and O–H groups in total. The maximum atomic E-state index is 12.2. The minimum atomic E-state index is -3.16. The van der Waals surface area contributed by atoms with E-state index in [2.05, 4.69) is 15.6 Å². The lowest BCUT2D eigenvalue weighted by Gasteiger charge is -2.20. The number of benzene rings is 1. The van der Waals surface area contributed by atoms with Crippen LogP contribution in [0.1, 0.15) is 45.7 Å². The smallest absolute Gasteiger partial charge is 0.191 e. The van der Waals surface area contributed by atoms with E-state index >= 15 is 0 Å². The molecular formula is C19H33N3O3S. The Kier molecular flexibility index (Phi) is 7.93. The first-order chi connectivity index (χ1) is 12.0. The lowest BCUT2D eigenvalue weighted by Crippen LogP contribution is -2.41. The quantitative estimate of drug-likeness (QED) is 0.559. The molecule has 0 radical (unpaired) electrons. The fraction of sp³-hybridized carbons (Fsp3) is 0.632. The Hall–Kier alpha value is -1.76. The molecule has 26 heavy (non-hydrogen) atoms. The zero-order valence-corrected chi connectivity index (χ0v) is 17.8. The van der Waals surface area contributed by atoms with E-state index in [0.717, 1.165) is 16.9 Å². The van der Waals surface area contributed by atoms with E-state index in [0.29, 0.717) is 19.0 Å². The molecular weight excluding hydrogens is 350 g/mol. The van der Waals surface area contributed by atoms with Crippen LogP contribution < -0.4 is 15.4 Å². The minimum absolute atomic E-state index is 0.0590. The Bertz CT molecular complexity index is 720. The summed E-state index contributed by atoms with van der Waals surface area (Å²) in [5, 5.41) is 6.27. The number of aliphatic imine (C=N–C) groups is 1. The van der Waals surface area contributed by atoms with Crippen LogP contribution in [0.4, 0.5) is 0 Å².